The van der Waals surface area contributed by atoms with Crippen LogP contribution in [0, 0.1) is 0 Å². The van der Waals surface area contributed by atoms with Gasteiger partial charge in [-0.2, -0.15) is 5.10 Å². The standard InChI is InChI=1S/C14H24N2O2/c1-3-18-14(8-4-5-9-14)13(17)7-6-12-10-15-16(2)11-12/h10-11,13,17H,3-9H2,1-2H3. The van der Waals surface area contributed by atoms with E-state index in [1.165, 1.54) is 18.4 Å². The largest absolute Gasteiger partial charge is 0.390 e. The molecule has 18 heavy (non-hydrogen) atoms. The Balaban J connectivity index is 1.91. The van der Waals surface area contributed by atoms with Crippen molar-refractivity contribution in [2.75, 3.05) is 6.61 Å². The van der Waals surface area contributed by atoms with Crippen LogP contribution >= 0.6 is 0 Å². The number of hydrogen-bond donors (Lipinski definition) is 1. The summed E-state index contributed by atoms with van der Waals surface area (Å²) in [4.78, 5) is 0. The summed E-state index contributed by atoms with van der Waals surface area (Å²) >= 11 is 0. The van der Waals surface area contributed by atoms with E-state index in [4.69, 9.17) is 4.74 Å². The predicted octanol–water partition coefficient (Wildman–Crippen LogP) is 2.06. The Kier molecular flexibility index (Phi) is 4.40. The van der Waals surface area contributed by atoms with Crippen molar-refractivity contribution in [3.63, 3.8) is 0 Å². The highest BCUT2D eigenvalue weighted by atomic mass is 16.5. The molecule has 0 spiro atoms. The number of hydrogen-bond acceptors (Lipinski definition) is 3. The molecule has 1 aliphatic rings. The summed E-state index contributed by atoms with van der Waals surface area (Å²) < 4.78 is 7.68. The van der Waals surface area contributed by atoms with E-state index < -0.39 is 0 Å². The normalized spacial score (nSPS) is 20.2. The molecule has 1 atom stereocenters. The van der Waals surface area contributed by atoms with Crippen molar-refractivity contribution in [2.24, 2.45) is 7.05 Å². The number of rotatable bonds is 6. The van der Waals surface area contributed by atoms with Crippen molar-refractivity contribution in [1.29, 1.82) is 0 Å². The van der Waals surface area contributed by atoms with Gasteiger partial charge in [-0.3, -0.25) is 4.68 Å². The van der Waals surface area contributed by atoms with Crippen molar-refractivity contribution >= 4 is 0 Å². The summed E-state index contributed by atoms with van der Waals surface area (Å²) in [7, 11) is 1.92. The zero-order chi connectivity index (χ0) is 13.0. The van der Waals surface area contributed by atoms with E-state index in [1.54, 1.807) is 4.68 Å². The van der Waals surface area contributed by atoms with Gasteiger partial charge in [0.25, 0.3) is 0 Å². The summed E-state index contributed by atoms with van der Waals surface area (Å²) in [5, 5.41) is 14.6. The van der Waals surface area contributed by atoms with E-state index in [-0.39, 0.29) is 11.7 Å². The lowest BCUT2D eigenvalue weighted by molar-refractivity contribution is -0.118. The van der Waals surface area contributed by atoms with Gasteiger partial charge in [0.2, 0.25) is 0 Å². The Labute approximate surface area is 109 Å². The van der Waals surface area contributed by atoms with E-state index >= 15 is 0 Å². The third-order valence-electron chi connectivity index (χ3n) is 3.95. The highest BCUT2D eigenvalue weighted by Crippen LogP contribution is 2.37. The molecule has 1 heterocycles. The van der Waals surface area contributed by atoms with Crippen LogP contribution in [0.25, 0.3) is 0 Å². The van der Waals surface area contributed by atoms with Gasteiger partial charge in [0.1, 0.15) is 0 Å². The Morgan fingerprint density at radius 1 is 1.50 bits per heavy atom. The third-order valence-corrected chi connectivity index (χ3v) is 3.95. The Morgan fingerprint density at radius 3 is 2.78 bits per heavy atom. The van der Waals surface area contributed by atoms with Crippen molar-refractivity contribution in [1.82, 2.24) is 9.78 Å². The molecular formula is C14H24N2O2. The minimum absolute atomic E-state index is 0.281. The Morgan fingerprint density at radius 2 is 2.22 bits per heavy atom. The van der Waals surface area contributed by atoms with Crippen LogP contribution in [0.5, 0.6) is 0 Å². The van der Waals surface area contributed by atoms with Gasteiger partial charge in [0.05, 0.1) is 17.9 Å². The lowest BCUT2D eigenvalue weighted by atomic mass is 9.90. The van der Waals surface area contributed by atoms with E-state index in [0.717, 1.165) is 25.7 Å². The lowest BCUT2D eigenvalue weighted by Crippen LogP contribution is -2.42. The number of aliphatic hydroxyl groups is 1. The molecule has 0 bridgehead atoms. The smallest absolute Gasteiger partial charge is 0.0940 e. The highest BCUT2D eigenvalue weighted by Gasteiger charge is 2.40. The molecular weight excluding hydrogens is 228 g/mol. The molecule has 1 fully saturated rings. The van der Waals surface area contributed by atoms with E-state index in [0.29, 0.717) is 6.61 Å². The van der Waals surface area contributed by atoms with Crippen molar-refractivity contribution in [3.8, 4) is 0 Å². The minimum atomic E-state index is -0.361. The summed E-state index contributed by atoms with van der Waals surface area (Å²) in [6.45, 7) is 2.69. The van der Waals surface area contributed by atoms with Gasteiger partial charge >= 0.3 is 0 Å². The molecule has 4 heteroatoms. The molecule has 1 unspecified atom stereocenters. The van der Waals surface area contributed by atoms with Gasteiger partial charge in [0.15, 0.2) is 0 Å². The number of aliphatic hydroxyl groups excluding tert-OH is 1. The molecule has 102 valence electrons. The van der Waals surface area contributed by atoms with Crippen LogP contribution in [-0.2, 0) is 18.2 Å². The lowest BCUT2D eigenvalue weighted by Gasteiger charge is -2.34. The maximum absolute atomic E-state index is 10.4. The fraction of sp³-hybridized carbons (Fsp3) is 0.786. The first kappa shape index (κ1) is 13.6. The Hall–Kier alpha value is -0.870. The second-order valence-electron chi connectivity index (χ2n) is 5.28. The quantitative estimate of drug-likeness (QED) is 0.843. The minimum Gasteiger partial charge on any atom is -0.390 e. The summed E-state index contributed by atoms with van der Waals surface area (Å²) in [6.07, 6.45) is 9.47. The van der Waals surface area contributed by atoms with Crippen LogP contribution in [0.1, 0.15) is 44.6 Å². The number of aryl methyl sites for hydroxylation is 2. The summed E-state index contributed by atoms with van der Waals surface area (Å²) in [5.74, 6) is 0. The molecule has 1 N–H and O–H groups in total. The van der Waals surface area contributed by atoms with Gasteiger partial charge in [-0.15, -0.1) is 0 Å². The average Bonchev–Trinajstić information content (AvgIpc) is 2.97. The molecule has 0 saturated heterocycles. The van der Waals surface area contributed by atoms with Gasteiger partial charge in [-0.25, -0.2) is 0 Å². The fourth-order valence-corrected chi connectivity index (χ4v) is 3.00. The second kappa shape index (κ2) is 5.85. The molecule has 0 aromatic carbocycles. The first-order valence-electron chi connectivity index (χ1n) is 6.96. The van der Waals surface area contributed by atoms with Crippen LogP contribution in [0.15, 0.2) is 12.4 Å². The number of ether oxygens (including phenoxy) is 1. The highest BCUT2D eigenvalue weighted by molar-refractivity contribution is 5.05. The van der Waals surface area contributed by atoms with Crippen molar-refractivity contribution < 1.29 is 9.84 Å². The van der Waals surface area contributed by atoms with Crippen LogP contribution in [0.4, 0.5) is 0 Å². The first-order chi connectivity index (χ1) is 8.66. The Bertz CT molecular complexity index is 370. The van der Waals surface area contributed by atoms with Gasteiger partial charge < -0.3 is 9.84 Å². The molecule has 0 aliphatic heterocycles. The monoisotopic (exact) mass is 252 g/mol. The fourth-order valence-electron chi connectivity index (χ4n) is 3.00. The molecule has 1 aromatic rings. The molecule has 2 rings (SSSR count). The number of nitrogens with zero attached hydrogens (tertiary/aromatic N) is 2. The van der Waals surface area contributed by atoms with Gasteiger partial charge in [-0.05, 0) is 38.2 Å². The maximum Gasteiger partial charge on any atom is 0.0940 e. The molecule has 1 saturated carbocycles. The van der Waals surface area contributed by atoms with E-state index in [1.807, 2.05) is 26.4 Å². The van der Waals surface area contributed by atoms with Crippen LogP contribution < -0.4 is 0 Å². The summed E-state index contributed by atoms with van der Waals surface area (Å²) in [6, 6.07) is 0. The molecule has 0 radical (unpaired) electrons. The van der Waals surface area contributed by atoms with Gasteiger partial charge in [-0.1, -0.05) is 12.8 Å². The molecule has 1 aromatic heterocycles. The first-order valence-corrected chi connectivity index (χ1v) is 6.96. The average molecular weight is 252 g/mol. The topological polar surface area (TPSA) is 47.3 Å². The SMILES string of the molecule is CCOC1(C(O)CCc2cnn(C)c2)CCCC1. The molecule has 1 aliphatic carbocycles. The van der Waals surface area contributed by atoms with Crippen LogP contribution in [0.2, 0.25) is 0 Å². The zero-order valence-electron chi connectivity index (χ0n) is 11.4. The predicted molar refractivity (Wildman–Crippen MR) is 70.4 cm³/mol. The van der Waals surface area contributed by atoms with E-state index in [2.05, 4.69) is 5.10 Å². The third kappa shape index (κ3) is 2.93. The van der Waals surface area contributed by atoms with E-state index in [9.17, 15) is 5.11 Å². The number of aromatic nitrogens is 2. The van der Waals surface area contributed by atoms with Crippen molar-refractivity contribution in [3.05, 3.63) is 18.0 Å². The van der Waals surface area contributed by atoms with Gasteiger partial charge in [0, 0.05) is 19.9 Å². The molecule has 0 amide bonds. The maximum atomic E-state index is 10.4. The van der Waals surface area contributed by atoms with Crippen molar-refractivity contribution in [2.45, 2.75) is 57.2 Å². The second-order valence-corrected chi connectivity index (χ2v) is 5.28. The zero-order valence-corrected chi connectivity index (χ0v) is 11.4. The molecule has 4 nitrogen and oxygen atoms in total. The van der Waals surface area contributed by atoms with Crippen LogP contribution in [0.3, 0.4) is 0 Å². The summed E-state index contributed by atoms with van der Waals surface area (Å²) in [5.41, 5.74) is 0.901. The van der Waals surface area contributed by atoms with Crippen LogP contribution in [-0.4, -0.2) is 33.2 Å².